The van der Waals surface area contributed by atoms with Crippen molar-refractivity contribution in [3.63, 3.8) is 0 Å². The minimum Gasteiger partial charge on any atom is -0.381 e. The van der Waals surface area contributed by atoms with Crippen LogP contribution < -0.4 is 0 Å². The molecule has 0 amide bonds. The zero-order valence-corrected chi connectivity index (χ0v) is 16.6. The van der Waals surface area contributed by atoms with Crippen LogP contribution in [0.1, 0.15) is 49.2 Å². The van der Waals surface area contributed by atoms with Gasteiger partial charge in [0, 0.05) is 50.2 Å². The quantitative estimate of drug-likeness (QED) is 0.798. The van der Waals surface area contributed by atoms with Crippen LogP contribution in [0, 0.1) is 6.92 Å². The summed E-state index contributed by atoms with van der Waals surface area (Å²) < 4.78 is 35.4. The number of aryl methyl sites for hydroxylation is 1. The minimum atomic E-state index is -3.34. The van der Waals surface area contributed by atoms with Crippen molar-refractivity contribution in [1.29, 1.82) is 0 Å². The Hall–Kier alpha value is -1.22. The van der Waals surface area contributed by atoms with E-state index in [1.54, 1.807) is 16.4 Å². The van der Waals surface area contributed by atoms with E-state index in [0.717, 1.165) is 44.7 Å². The fourth-order valence-electron chi connectivity index (χ4n) is 4.08. The molecule has 0 N–H and O–H groups in total. The monoisotopic (exact) mass is 395 g/mol. The van der Waals surface area contributed by atoms with E-state index in [-0.39, 0.29) is 0 Å². The summed E-state index contributed by atoms with van der Waals surface area (Å²) in [6, 6.07) is 3.81. The van der Waals surface area contributed by atoms with E-state index >= 15 is 0 Å². The Labute approximate surface area is 158 Å². The number of imidazole rings is 1. The molecule has 0 aromatic carbocycles. The van der Waals surface area contributed by atoms with Crippen molar-refractivity contribution in [3.8, 4) is 0 Å². The molecule has 0 saturated carbocycles. The molecule has 2 fully saturated rings. The lowest BCUT2D eigenvalue weighted by Crippen LogP contribution is -2.39. The van der Waals surface area contributed by atoms with Gasteiger partial charge in [-0.25, -0.2) is 13.4 Å². The summed E-state index contributed by atoms with van der Waals surface area (Å²) in [6.45, 7) is 4.83. The Morgan fingerprint density at radius 1 is 1.19 bits per heavy atom. The van der Waals surface area contributed by atoms with E-state index in [4.69, 9.17) is 9.72 Å². The molecule has 2 aliphatic rings. The van der Waals surface area contributed by atoms with E-state index in [2.05, 4.69) is 11.5 Å². The van der Waals surface area contributed by atoms with Crippen LogP contribution in [-0.4, -0.2) is 48.6 Å². The largest absolute Gasteiger partial charge is 0.381 e. The highest BCUT2D eigenvalue weighted by Crippen LogP contribution is 2.34. The molecule has 0 spiro atoms. The summed E-state index contributed by atoms with van der Waals surface area (Å²) in [4.78, 5) is 4.70. The fraction of sp³-hybridized carbons (Fsp3) is 0.611. The molecule has 8 heteroatoms. The number of thiophene rings is 1. The highest BCUT2D eigenvalue weighted by Gasteiger charge is 2.32. The maximum absolute atomic E-state index is 12.7. The summed E-state index contributed by atoms with van der Waals surface area (Å²) in [5.41, 5.74) is 1.17. The van der Waals surface area contributed by atoms with Crippen LogP contribution in [0.25, 0.3) is 0 Å². The average molecular weight is 396 g/mol. The molecule has 0 aliphatic carbocycles. The third-order valence-corrected chi connectivity index (χ3v) is 8.75. The minimum absolute atomic E-state index is 0.324. The van der Waals surface area contributed by atoms with Gasteiger partial charge in [-0.3, -0.25) is 0 Å². The van der Waals surface area contributed by atoms with Gasteiger partial charge in [-0.2, -0.15) is 4.31 Å². The first-order chi connectivity index (χ1) is 12.6. The summed E-state index contributed by atoms with van der Waals surface area (Å²) in [5.74, 6) is 1.61. The molecule has 2 aliphatic heterocycles. The zero-order valence-electron chi connectivity index (χ0n) is 15.0. The predicted octanol–water partition coefficient (Wildman–Crippen LogP) is 3.17. The summed E-state index contributed by atoms with van der Waals surface area (Å²) in [5, 5.41) is 1.81. The van der Waals surface area contributed by atoms with Crippen LogP contribution in [0.5, 0.6) is 0 Å². The van der Waals surface area contributed by atoms with Gasteiger partial charge >= 0.3 is 0 Å². The number of piperidine rings is 1. The van der Waals surface area contributed by atoms with Gasteiger partial charge in [0.2, 0.25) is 0 Å². The normalized spacial score (nSPS) is 21.3. The molecule has 0 atom stereocenters. The standard InChI is InChI=1S/C18H25N3O3S2/c1-14-13-19-18(15-6-10-24-11-7-15)21(14)16-4-8-20(9-5-16)26(22,23)17-3-2-12-25-17/h2-3,12-13,15-16H,4-11H2,1H3. The van der Waals surface area contributed by atoms with Crippen molar-refractivity contribution in [2.24, 2.45) is 0 Å². The molecule has 0 bridgehead atoms. The zero-order chi connectivity index (χ0) is 18.1. The number of sulfonamides is 1. The average Bonchev–Trinajstić information content (AvgIpc) is 3.33. The Morgan fingerprint density at radius 2 is 1.92 bits per heavy atom. The smallest absolute Gasteiger partial charge is 0.252 e. The molecular formula is C18H25N3O3S2. The number of nitrogens with zero attached hydrogens (tertiary/aromatic N) is 3. The van der Waals surface area contributed by atoms with E-state index in [1.165, 1.54) is 17.0 Å². The van der Waals surface area contributed by atoms with Gasteiger partial charge in [0.1, 0.15) is 10.0 Å². The van der Waals surface area contributed by atoms with Crippen LogP contribution in [0.3, 0.4) is 0 Å². The first kappa shape index (κ1) is 18.2. The van der Waals surface area contributed by atoms with Crippen LogP contribution in [0.15, 0.2) is 27.9 Å². The van der Waals surface area contributed by atoms with Crippen LogP contribution >= 0.6 is 11.3 Å². The van der Waals surface area contributed by atoms with E-state index < -0.39 is 10.0 Å². The Kier molecular flexibility index (Phi) is 5.18. The first-order valence-corrected chi connectivity index (χ1v) is 11.5. The number of ether oxygens (including phenoxy) is 1. The van der Waals surface area contributed by atoms with Crippen molar-refractivity contribution in [2.75, 3.05) is 26.3 Å². The van der Waals surface area contributed by atoms with Gasteiger partial charge in [-0.1, -0.05) is 6.07 Å². The molecule has 0 radical (unpaired) electrons. The molecular weight excluding hydrogens is 370 g/mol. The second-order valence-electron chi connectivity index (χ2n) is 7.08. The van der Waals surface area contributed by atoms with Crippen LogP contribution in [0.2, 0.25) is 0 Å². The van der Waals surface area contributed by atoms with Crippen LogP contribution in [0.4, 0.5) is 0 Å². The molecule has 26 heavy (non-hydrogen) atoms. The molecule has 142 valence electrons. The third kappa shape index (κ3) is 3.35. The maximum Gasteiger partial charge on any atom is 0.252 e. The highest BCUT2D eigenvalue weighted by atomic mass is 32.2. The van der Waals surface area contributed by atoms with Crippen LogP contribution in [-0.2, 0) is 14.8 Å². The number of hydrogen-bond acceptors (Lipinski definition) is 5. The molecule has 2 aromatic rings. The first-order valence-electron chi connectivity index (χ1n) is 9.22. The SMILES string of the molecule is Cc1cnc(C2CCOCC2)n1C1CCN(S(=O)(=O)c2cccs2)CC1. The number of aromatic nitrogens is 2. The number of hydrogen-bond donors (Lipinski definition) is 0. The lowest BCUT2D eigenvalue weighted by Gasteiger charge is -2.34. The van der Waals surface area contributed by atoms with Crippen molar-refractivity contribution in [3.05, 3.63) is 35.2 Å². The van der Waals surface area contributed by atoms with Crippen molar-refractivity contribution >= 4 is 21.4 Å². The molecule has 0 unspecified atom stereocenters. The molecule has 4 rings (SSSR count). The van der Waals surface area contributed by atoms with Crippen molar-refractivity contribution < 1.29 is 13.2 Å². The lowest BCUT2D eigenvalue weighted by molar-refractivity contribution is 0.0820. The second-order valence-corrected chi connectivity index (χ2v) is 10.2. The summed E-state index contributed by atoms with van der Waals surface area (Å²) >= 11 is 1.29. The summed E-state index contributed by atoms with van der Waals surface area (Å²) in [7, 11) is -3.34. The van der Waals surface area contributed by atoms with Gasteiger partial charge < -0.3 is 9.30 Å². The summed E-state index contributed by atoms with van der Waals surface area (Å²) in [6.07, 6.45) is 5.65. The van der Waals surface area contributed by atoms with Gasteiger partial charge in [0.25, 0.3) is 10.0 Å². The van der Waals surface area contributed by atoms with E-state index in [0.29, 0.717) is 29.3 Å². The maximum atomic E-state index is 12.7. The molecule has 6 nitrogen and oxygen atoms in total. The van der Waals surface area contributed by atoms with Crippen molar-refractivity contribution in [2.45, 2.75) is 48.8 Å². The molecule has 4 heterocycles. The van der Waals surface area contributed by atoms with E-state index in [1.807, 2.05) is 11.6 Å². The Bertz CT molecular complexity index is 831. The highest BCUT2D eigenvalue weighted by molar-refractivity contribution is 7.91. The van der Waals surface area contributed by atoms with Gasteiger partial charge in [-0.15, -0.1) is 11.3 Å². The Morgan fingerprint density at radius 3 is 2.58 bits per heavy atom. The Balaban J connectivity index is 1.49. The molecule has 2 aromatic heterocycles. The fourth-order valence-corrected chi connectivity index (χ4v) is 6.69. The lowest BCUT2D eigenvalue weighted by atomic mass is 9.98. The predicted molar refractivity (Wildman–Crippen MR) is 101 cm³/mol. The third-order valence-electron chi connectivity index (χ3n) is 5.47. The molecule has 2 saturated heterocycles. The number of rotatable bonds is 4. The van der Waals surface area contributed by atoms with Gasteiger partial charge in [0.05, 0.1) is 0 Å². The van der Waals surface area contributed by atoms with Gasteiger partial charge in [0.15, 0.2) is 0 Å². The van der Waals surface area contributed by atoms with E-state index in [9.17, 15) is 8.42 Å². The van der Waals surface area contributed by atoms with Crippen molar-refractivity contribution in [1.82, 2.24) is 13.9 Å². The topological polar surface area (TPSA) is 64.4 Å². The van der Waals surface area contributed by atoms with Gasteiger partial charge in [-0.05, 0) is 44.1 Å². The second kappa shape index (κ2) is 7.42.